The van der Waals surface area contributed by atoms with Crippen molar-refractivity contribution in [3.05, 3.63) is 59.4 Å². The first kappa shape index (κ1) is 20.9. The minimum atomic E-state index is -4.69. The average Bonchev–Trinajstić information content (AvgIpc) is 2.91. The van der Waals surface area contributed by atoms with E-state index in [9.17, 15) is 18.1 Å². The van der Waals surface area contributed by atoms with Gasteiger partial charge in [0.15, 0.2) is 0 Å². The Hall–Kier alpha value is -1.81. The molecule has 0 saturated heterocycles. The molecule has 0 bridgehead atoms. The molecule has 2 N–H and O–H groups in total. The molecule has 0 fully saturated rings. The summed E-state index contributed by atoms with van der Waals surface area (Å²) < 4.78 is 35.6. The Kier molecular flexibility index (Phi) is 5.64. The number of phenols is 1. The van der Waals surface area contributed by atoms with E-state index in [2.05, 4.69) is 10.4 Å². The SMILES string of the molecule is Cc1nc2ccc3cc(S(=O)(=O)[O-])cc(O)c3c2n1Nc1ccccc1Cl.[Na+]. The topological polar surface area (TPSA) is 107 Å². The molecule has 0 aliphatic rings. The second-order valence-corrected chi connectivity index (χ2v) is 7.80. The number of halogens is 1. The summed E-state index contributed by atoms with van der Waals surface area (Å²) >= 11 is 6.22. The monoisotopic (exact) mass is 425 g/mol. The Balaban J connectivity index is 0.00000225. The summed E-state index contributed by atoms with van der Waals surface area (Å²) in [6, 6.07) is 12.6. The van der Waals surface area contributed by atoms with Crippen LogP contribution in [0.4, 0.5) is 5.69 Å². The molecule has 0 aliphatic heterocycles. The maximum atomic E-state index is 11.3. The van der Waals surface area contributed by atoms with Crippen LogP contribution in [0.2, 0.25) is 5.02 Å². The van der Waals surface area contributed by atoms with Crippen molar-refractivity contribution in [3.8, 4) is 5.75 Å². The molecule has 0 aliphatic carbocycles. The molecule has 1 aromatic heterocycles. The van der Waals surface area contributed by atoms with Gasteiger partial charge in [-0.15, -0.1) is 0 Å². The maximum Gasteiger partial charge on any atom is 1.00 e. The number of nitrogens with one attached hydrogen (secondary N) is 1. The second kappa shape index (κ2) is 7.55. The van der Waals surface area contributed by atoms with Crippen LogP contribution in [0.25, 0.3) is 21.8 Å². The van der Waals surface area contributed by atoms with Gasteiger partial charge in [0.1, 0.15) is 27.2 Å². The Morgan fingerprint density at radius 3 is 2.57 bits per heavy atom. The number of hydrogen-bond donors (Lipinski definition) is 2. The van der Waals surface area contributed by atoms with Gasteiger partial charge in [-0.05, 0) is 42.6 Å². The zero-order valence-corrected chi connectivity index (χ0v) is 18.5. The third kappa shape index (κ3) is 3.59. The molecule has 0 saturated carbocycles. The smallest absolute Gasteiger partial charge is 0.744 e. The predicted molar refractivity (Wildman–Crippen MR) is 102 cm³/mol. The zero-order chi connectivity index (χ0) is 19.3. The number of hydrogen-bond acceptors (Lipinski definition) is 6. The standard InChI is InChI=1S/C18H14ClN3O4S.Na/c1-10-20-15-7-6-11-8-12(27(24,25)26)9-16(23)17(11)18(15)22(10)21-14-5-3-2-4-13(14)19;/h2-9,21,23H,1H3,(H,24,25,26);/q;+1/p-1. The summed E-state index contributed by atoms with van der Waals surface area (Å²) in [7, 11) is -4.69. The minimum Gasteiger partial charge on any atom is -0.744 e. The number of fused-ring (bicyclic) bond motifs is 3. The van der Waals surface area contributed by atoms with Gasteiger partial charge in [0.05, 0.1) is 26.5 Å². The summed E-state index contributed by atoms with van der Waals surface area (Å²) in [5, 5.41) is 11.7. The van der Waals surface area contributed by atoms with Crippen LogP contribution in [0.15, 0.2) is 53.4 Å². The van der Waals surface area contributed by atoms with Crippen LogP contribution in [0.1, 0.15) is 5.82 Å². The number of nitrogens with zero attached hydrogens (tertiary/aromatic N) is 2. The van der Waals surface area contributed by atoms with Crippen molar-refractivity contribution in [2.24, 2.45) is 0 Å². The fourth-order valence-corrected chi connectivity index (χ4v) is 3.75. The molecular formula is C18H13ClN3NaO4S. The molecule has 7 nitrogen and oxygen atoms in total. The van der Waals surface area contributed by atoms with Crippen LogP contribution >= 0.6 is 11.6 Å². The van der Waals surface area contributed by atoms with Crippen LogP contribution in [-0.4, -0.2) is 27.7 Å². The van der Waals surface area contributed by atoms with Crippen molar-refractivity contribution in [2.45, 2.75) is 11.8 Å². The molecule has 28 heavy (non-hydrogen) atoms. The first-order valence-electron chi connectivity index (χ1n) is 7.88. The van der Waals surface area contributed by atoms with Gasteiger partial charge in [-0.3, -0.25) is 5.43 Å². The first-order chi connectivity index (χ1) is 12.8. The molecule has 0 radical (unpaired) electrons. The quantitative estimate of drug-likeness (QED) is 0.368. The van der Waals surface area contributed by atoms with E-state index in [0.717, 1.165) is 6.07 Å². The van der Waals surface area contributed by atoms with E-state index < -0.39 is 15.0 Å². The van der Waals surface area contributed by atoms with Gasteiger partial charge in [-0.1, -0.05) is 29.8 Å². The normalized spacial score (nSPS) is 11.5. The van der Waals surface area contributed by atoms with Gasteiger partial charge in [0.25, 0.3) is 0 Å². The molecule has 0 spiro atoms. The molecule has 4 rings (SSSR count). The summed E-state index contributed by atoms with van der Waals surface area (Å²) in [5.74, 6) is 0.284. The van der Waals surface area contributed by atoms with E-state index in [-0.39, 0.29) is 35.3 Å². The largest absolute Gasteiger partial charge is 1.00 e. The van der Waals surface area contributed by atoms with Gasteiger partial charge in [0.2, 0.25) is 0 Å². The Labute approximate surface area is 188 Å². The van der Waals surface area contributed by atoms with Crippen LogP contribution < -0.4 is 35.0 Å². The zero-order valence-electron chi connectivity index (χ0n) is 15.0. The number of imidazole rings is 1. The van der Waals surface area contributed by atoms with Crippen molar-refractivity contribution in [1.29, 1.82) is 0 Å². The summed E-state index contributed by atoms with van der Waals surface area (Å²) in [6.07, 6.45) is 0. The van der Waals surface area contributed by atoms with Crippen molar-refractivity contribution < 1.29 is 47.6 Å². The molecule has 0 amide bonds. The van der Waals surface area contributed by atoms with E-state index >= 15 is 0 Å². The van der Waals surface area contributed by atoms with Gasteiger partial charge in [-0.25, -0.2) is 18.1 Å². The van der Waals surface area contributed by atoms with E-state index in [4.69, 9.17) is 11.6 Å². The molecule has 3 aromatic carbocycles. The minimum absolute atomic E-state index is 0. The summed E-state index contributed by atoms with van der Waals surface area (Å²) in [6.45, 7) is 1.78. The Morgan fingerprint density at radius 1 is 1.18 bits per heavy atom. The van der Waals surface area contributed by atoms with Crippen LogP contribution in [0, 0.1) is 6.92 Å². The molecular weight excluding hydrogens is 413 g/mol. The number of phenolic OH excluding ortho intramolecular Hbond substituents is 1. The van der Waals surface area contributed by atoms with Gasteiger partial charge in [0, 0.05) is 0 Å². The van der Waals surface area contributed by atoms with Crippen LogP contribution in [0.5, 0.6) is 5.75 Å². The van der Waals surface area contributed by atoms with E-state index in [0.29, 0.717) is 38.3 Å². The second-order valence-electron chi connectivity index (χ2n) is 6.01. The number of para-hydroxylation sites is 1. The van der Waals surface area contributed by atoms with Crippen LogP contribution in [-0.2, 0) is 10.1 Å². The van der Waals surface area contributed by atoms with Crippen molar-refractivity contribution in [1.82, 2.24) is 9.66 Å². The van der Waals surface area contributed by atoms with E-state index in [1.54, 1.807) is 41.9 Å². The van der Waals surface area contributed by atoms with Gasteiger partial charge < -0.3 is 9.66 Å². The number of aromatic nitrogens is 2. The number of aryl methyl sites for hydroxylation is 1. The predicted octanol–water partition coefficient (Wildman–Crippen LogP) is 0.640. The third-order valence-corrected chi connectivity index (χ3v) is 5.39. The Morgan fingerprint density at radius 2 is 1.89 bits per heavy atom. The molecule has 1 heterocycles. The number of anilines is 1. The summed E-state index contributed by atoms with van der Waals surface area (Å²) in [4.78, 5) is 3.98. The summed E-state index contributed by atoms with van der Waals surface area (Å²) in [5.41, 5.74) is 4.92. The van der Waals surface area contributed by atoms with E-state index in [1.165, 1.54) is 6.07 Å². The number of aromatic hydroxyl groups is 1. The average molecular weight is 426 g/mol. The third-order valence-electron chi connectivity index (χ3n) is 4.25. The maximum absolute atomic E-state index is 11.3. The molecule has 0 atom stereocenters. The molecule has 138 valence electrons. The Bertz CT molecular complexity index is 1320. The van der Waals surface area contributed by atoms with Gasteiger partial charge in [-0.2, -0.15) is 0 Å². The van der Waals surface area contributed by atoms with Crippen LogP contribution in [0.3, 0.4) is 0 Å². The number of benzene rings is 3. The fourth-order valence-electron chi connectivity index (χ4n) is 3.04. The fraction of sp³-hybridized carbons (Fsp3) is 0.0556. The van der Waals surface area contributed by atoms with Crippen molar-refractivity contribution in [2.75, 3.05) is 5.43 Å². The number of rotatable bonds is 3. The molecule has 0 unspecified atom stereocenters. The van der Waals surface area contributed by atoms with E-state index in [1.807, 2.05) is 6.07 Å². The van der Waals surface area contributed by atoms with Crippen molar-refractivity contribution in [3.63, 3.8) is 0 Å². The van der Waals surface area contributed by atoms with Gasteiger partial charge >= 0.3 is 29.6 Å². The first-order valence-corrected chi connectivity index (χ1v) is 9.66. The van der Waals surface area contributed by atoms with Crippen molar-refractivity contribution >= 4 is 49.2 Å². The molecule has 4 aromatic rings. The molecule has 10 heteroatoms.